The second-order valence-corrected chi connectivity index (χ2v) is 7.41. The highest BCUT2D eigenvalue weighted by Gasteiger charge is 2.27. The molecule has 3 rings (SSSR count). The summed E-state index contributed by atoms with van der Waals surface area (Å²) < 4.78 is 31.0. The van der Waals surface area contributed by atoms with Gasteiger partial charge >= 0.3 is 6.09 Å². The first-order valence-electron chi connectivity index (χ1n) is 8.92. The van der Waals surface area contributed by atoms with Gasteiger partial charge in [-0.25, -0.2) is 9.18 Å². The second kappa shape index (κ2) is 7.86. The van der Waals surface area contributed by atoms with Gasteiger partial charge in [0.1, 0.15) is 36.1 Å². The summed E-state index contributed by atoms with van der Waals surface area (Å²) in [6, 6.07) is 12.3. The predicted octanol–water partition coefficient (Wildman–Crippen LogP) is 4.53. The molecule has 27 heavy (non-hydrogen) atoms. The highest BCUT2D eigenvalue weighted by atomic mass is 19.1. The topological polar surface area (TPSA) is 48.0 Å². The molecule has 144 valence electrons. The quantitative estimate of drug-likeness (QED) is 0.793. The molecule has 1 heterocycles. The molecule has 2 aromatic rings. The van der Waals surface area contributed by atoms with Crippen LogP contribution in [0.1, 0.15) is 31.9 Å². The predicted molar refractivity (Wildman–Crippen MR) is 99.3 cm³/mol. The van der Waals surface area contributed by atoms with E-state index in [1.807, 2.05) is 51.1 Å². The Kier molecular flexibility index (Phi) is 5.54. The minimum atomic E-state index is -0.595. The number of hydrogen-bond acceptors (Lipinski definition) is 4. The van der Waals surface area contributed by atoms with Crippen LogP contribution in [0.2, 0.25) is 0 Å². The molecule has 0 atom stereocenters. The van der Waals surface area contributed by atoms with Crippen molar-refractivity contribution in [3.8, 4) is 11.5 Å². The lowest BCUT2D eigenvalue weighted by atomic mass is 10.1. The van der Waals surface area contributed by atoms with E-state index < -0.39 is 17.5 Å². The summed E-state index contributed by atoms with van der Waals surface area (Å²) in [6.45, 7) is 6.58. The molecule has 0 unspecified atom stereocenters. The molecule has 1 aliphatic heterocycles. The summed E-state index contributed by atoms with van der Waals surface area (Å²) >= 11 is 0. The van der Waals surface area contributed by atoms with Gasteiger partial charge in [0.2, 0.25) is 0 Å². The average Bonchev–Trinajstić information content (AvgIpc) is 2.81. The third-order valence-electron chi connectivity index (χ3n) is 3.99. The normalized spacial score (nSPS) is 14.0. The number of hydrogen-bond donors (Lipinski definition) is 0. The third kappa shape index (κ3) is 5.12. The summed E-state index contributed by atoms with van der Waals surface area (Å²) in [6.07, 6.45) is -0.433. The molecular formula is C21H24FNO4. The summed E-state index contributed by atoms with van der Waals surface area (Å²) in [4.78, 5) is 14.0. The number of halogens is 1. The van der Waals surface area contributed by atoms with Crippen molar-refractivity contribution in [2.24, 2.45) is 0 Å². The van der Waals surface area contributed by atoms with E-state index in [2.05, 4.69) is 0 Å². The van der Waals surface area contributed by atoms with Crippen molar-refractivity contribution >= 4 is 6.09 Å². The Morgan fingerprint density at radius 1 is 1.22 bits per heavy atom. The lowest BCUT2D eigenvalue weighted by Gasteiger charge is -2.26. The molecule has 0 saturated heterocycles. The van der Waals surface area contributed by atoms with Gasteiger partial charge in [0.05, 0.1) is 18.7 Å². The fraction of sp³-hybridized carbons (Fsp3) is 0.381. The van der Waals surface area contributed by atoms with Crippen molar-refractivity contribution in [3.05, 3.63) is 59.4 Å². The van der Waals surface area contributed by atoms with Gasteiger partial charge in [-0.1, -0.05) is 30.3 Å². The van der Waals surface area contributed by atoms with E-state index in [1.165, 1.54) is 12.1 Å². The van der Waals surface area contributed by atoms with E-state index in [1.54, 1.807) is 4.90 Å². The molecule has 2 aromatic carbocycles. The first-order chi connectivity index (χ1) is 12.8. The standard InChI is InChI=1S/C21H24FNO4/c1-21(2,3)27-20(24)23-9-10-25-18-11-16(22)12-19(17(18)13-23)26-14-15-7-5-4-6-8-15/h4-8,11-12H,9-10,13-14H2,1-3H3. The van der Waals surface area contributed by atoms with Crippen LogP contribution in [0.25, 0.3) is 0 Å². The molecule has 0 aliphatic carbocycles. The second-order valence-electron chi connectivity index (χ2n) is 7.41. The first kappa shape index (κ1) is 19.0. The van der Waals surface area contributed by atoms with Crippen molar-refractivity contribution in [3.63, 3.8) is 0 Å². The van der Waals surface area contributed by atoms with Gasteiger partial charge in [-0.05, 0) is 26.3 Å². The Bertz CT molecular complexity index is 802. The van der Waals surface area contributed by atoms with Gasteiger partial charge in [0.25, 0.3) is 0 Å². The Hall–Kier alpha value is -2.76. The Morgan fingerprint density at radius 3 is 2.67 bits per heavy atom. The average molecular weight is 373 g/mol. The van der Waals surface area contributed by atoms with Crippen LogP contribution < -0.4 is 9.47 Å². The number of rotatable bonds is 3. The maximum Gasteiger partial charge on any atom is 0.410 e. The molecule has 0 radical (unpaired) electrons. The summed E-state index contributed by atoms with van der Waals surface area (Å²) in [5.74, 6) is 0.316. The van der Waals surface area contributed by atoms with Crippen LogP contribution in [-0.2, 0) is 17.9 Å². The highest BCUT2D eigenvalue weighted by Crippen LogP contribution is 2.34. The summed E-state index contributed by atoms with van der Waals surface area (Å²) in [7, 11) is 0. The molecule has 5 nitrogen and oxygen atoms in total. The third-order valence-corrected chi connectivity index (χ3v) is 3.99. The molecule has 1 amide bonds. The first-order valence-corrected chi connectivity index (χ1v) is 8.92. The Morgan fingerprint density at radius 2 is 1.96 bits per heavy atom. The number of ether oxygens (including phenoxy) is 3. The number of carbonyl (C=O) groups excluding carboxylic acids is 1. The minimum absolute atomic E-state index is 0.231. The smallest absolute Gasteiger partial charge is 0.410 e. The summed E-state index contributed by atoms with van der Waals surface area (Å²) in [5, 5.41) is 0. The van der Waals surface area contributed by atoms with Crippen LogP contribution in [-0.4, -0.2) is 29.7 Å². The fourth-order valence-corrected chi connectivity index (χ4v) is 2.75. The van der Waals surface area contributed by atoms with Crippen molar-refractivity contribution in [1.82, 2.24) is 4.90 Å². The number of carbonyl (C=O) groups is 1. The lowest BCUT2D eigenvalue weighted by molar-refractivity contribution is 0.0224. The zero-order valence-electron chi connectivity index (χ0n) is 15.8. The van der Waals surface area contributed by atoms with Gasteiger partial charge in [0, 0.05) is 12.1 Å². The van der Waals surface area contributed by atoms with Gasteiger partial charge in [0.15, 0.2) is 0 Å². The molecule has 1 aliphatic rings. The highest BCUT2D eigenvalue weighted by molar-refractivity contribution is 5.68. The van der Waals surface area contributed by atoms with Crippen LogP contribution in [0, 0.1) is 5.82 Å². The van der Waals surface area contributed by atoms with Crippen molar-refractivity contribution in [2.45, 2.75) is 39.5 Å². The zero-order valence-corrected chi connectivity index (χ0v) is 15.8. The molecule has 6 heteroatoms. The molecule has 0 saturated carbocycles. The molecule has 0 N–H and O–H groups in total. The molecular weight excluding hydrogens is 349 g/mol. The number of fused-ring (bicyclic) bond motifs is 1. The molecule has 0 spiro atoms. The minimum Gasteiger partial charge on any atom is -0.491 e. The fourth-order valence-electron chi connectivity index (χ4n) is 2.75. The van der Waals surface area contributed by atoms with Crippen LogP contribution in [0.15, 0.2) is 42.5 Å². The van der Waals surface area contributed by atoms with E-state index in [4.69, 9.17) is 14.2 Å². The van der Waals surface area contributed by atoms with E-state index >= 15 is 0 Å². The van der Waals surface area contributed by atoms with Crippen molar-refractivity contribution in [2.75, 3.05) is 13.2 Å². The zero-order chi connectivity index (χ0) is 19.4. The maximum absolute atomic E-state index is 14.0. The van der Waals surface area contributed by atoms with Gasteiger partial charge < -0.3 is 19.1 Å². The van der Waals surface area contributed by atoms with Gasteiger partial charge in [-0.2, -0.15) is 0 Å². The van der Waals surface area contributed by atoms with Crippen molar-refractivity contribution in [1.29, 1.82) is 0 Å². The number of benzene rings is 2. The molecule has 0 fully saturated rings. The SMILES string of the molecule is CC(C)(C)OC(=O)N1CCOc2cc(F)cc(OCc3ccccc3)c2C1. The van der Waals surface area contributed by atoms with Crippen LogP contribution >= 0.6 is 0 Å². The molecule has 0 bridgehead atoms. The number of nitrogens with zero attached hydrogens (tertiary/aromatic N) is 1. The Labute approximate surface area is 158 Å². The van der Waals surface area contributed by atoms with Gasteiger partial charge in [-0.15, -0.1) is 0 Å². The number of amides is 1. The van der Waals surface area contributed by atoms with E-state index in [0.29, 0.717) is 30.2 Å². The van der Waals surface area contributed by atoms with Crippen LogP contribution in [0.5, 0.6) is 11.5 Å². The van der Waals surface area contributed by atoms with E-state index in [-0.39, 0.29) is 13.2 Å². The van der Waals surface area contributed by atoms with Crippen LogP contribution in [0.4, 0.5) is 9.18 Å². The Balaban J connectivity index is 1.82. The van der Waals surface area contributed by atoms with Crippen molar-refractivity contribution < 1.29 is 23.4 Å². The van der Waals surface area contributed by atoms with E-state index in [0.717, 1.165) is 5.56 Å². The largest absolute Gasteiger partial charge is 0.491 e. The molecule has 0 aromatic heterocycles. The van der Waals surface area contributed by atoms with Crippen LogP contribution in [0.3, 0.4) is 0 Å². The summed E-state index contributed by atoms with van der Waals surface area (Å²) in [5.41, 5.74) is 1.01. The maximum atomic E-state index is 14.0. The lowest BCUT2D eigenvalue weighted by Crippen LogP contribution is -2.37. The van der Waals surface area contributed by atoms with E-state index in [9.17, 15) is 9.18 Å². The van der Waals surface area contributed by atoms with Gasteiger partial charge in [-0.3, -0.25) is 0 Å². The monoisotopic (exact) mass is 373 g/mol.